The summed E-state index contributed by atoms with van der Waals surface area (Å²) in [6, 6.07) is 5.33. The Morgan fingerprint density at radius 1 is 1.18 bits per heavy atom. The maximum Gasteiger partial charge on any atom is 0.329 e. The summed E-state index contributed by atoms with van der Waals surface area (Å²) in [4.78, 5) is 48.4. The zero-order valence-corrected chi connectivity index (χ0v) is 19.2. The molecule has 4 aromatic heterocycles. The van der Waals surface area contributed by atoms with Crippen molar-refractivity contribution in [3.8, 4) is 17.3 Å². The second-order valence-corrected chi connectivity index (χ2v) is 8.56. The van der Waals surface area contributed by atoms with Crippen LogP contribution in [0.3, 0.4) is 0 Å². The Morgan fingerprint density at radius 2 is 1.91 bits per heavy atom. The molecule has 1 fully saturated rings. The van der Waals surface area contributed by atoms with E-state index in [1.54, 1.807) is 16.7 Å². The molecule has 1 N–H and O–H groups in total. The molecule has 1 aliphatic heterocycles. The standard InChI is InChI=1S/C23H20N8O2S/c1-2-19(34)30-7-5-14(6-8-30)31-21-15(22(32)29-23(31)33)12-25-17-4-3-16(28-20(17)21)13-10-26-18(9-24)27-11-13/h3-4,10-12,14H,2,5-8H2,1H3,(H,29,32,33). The monoisotopic (exact) mass is 472 g/mol. The van der Waals surface area contributed by atoms with Gasteiger partial charge in [-0.25, -0.2) is 19.7 Å². The molecule has 11 heteroatoms. The number of nitrogens with one attached hydrogen (secondary N) is 1. The molecule has 5 heterocycles. The number of hydrogen-bond acceptors (Lipinski definition) is 8. The van der Waals surface area contributed by atoms with Crippen molar-refractivity contribution in [2.45, 2.75) is 32.2 Å². The van der Waals surface area contributed by atoms with Gasteiger partial charge in [0.15, 0.2) is 0 Å². The second kappa shape index (κ2) is 8.72. The zero-order chi connectivity index (χ0) is 23.8. The van der Waals surface area contributed by atoms with Crippen molar-refractivity contribution in [2.75, 3.05) is 13.1 Å². The van der Waals surface area contributed by atoms with Crippen LogP contribution >= 0.6 is 12.2 Å². The molecule has 0 amide bonds. The lowest BCUT2D eigenvalue weighted by molar-refractivity contribution is 0.266. The first-order valence-electron chi connectivity index (χ1n) is 10.9. The lowest BCUT2D eigenvalue weighted by Gasteiger charge is -2.34. The van der Waals surface area contributed by atoms with Crippen LogP contribution in [0.25, 0.3) is 33.2 Å². The number of H-pyrrole nitrogens is 1. The molecule has 10 nitrogen and oxygen atoms in total. The number of aromatic amines is 1. The quantitative estimate of drug-likeness (QED) is 0.352. The van der Waals surface area contributed by atoms with Gasteiger partial charge < -0.3 is 4.90 Å². The van der Waals surface area contributed by atoms with E-state index in [2.05, 4.69) is 24.8 Å². The normalized spacial score (nSPS) is 14.4. The maximum atomic E-state index is 13.1. The first-order valence-corrected chi connectivity index (χ1v) is 11.4. The van der Waals surface area contributed by atoms with E-state index in [1.165, 1.54) is 18.6 Å². The molecule has 0 saturated carbocycles. The van der Waals surface area contributed by atoms with Gasteiger partial charge in [-0.15, -0.1) is 0 Å². The van der Waals surface area contributed by atoms with Gasteiger partial charge in [0.2, 0.25) is 5.82 Å². The molecule has 1 aliphatic rings. The summed E-state index contributed by atoms with van der Waals surface area (Å²) in [5, 5.41) is 9.26. The summed E-state index contributed by atoms with van der Waals surface area (Å²) in [7, 11) is 0. The van der Waals surface area contributed by atoms with Gasteiger partial charge in [-0.2, -0.15) is 5.26 Å². The predicted octanol–water partition coefficient (Wildman–Crippen LogP) is 2.34. The summed E-state index contributed by atoms with van der Waals surface area (Å²) in [5.41, 5.74) is 1.68. The SMILES string of the molecule is CCC(=S)N1CCC(n2c(=O)[nH]c(=O)c3cnc4ccc(-c5cnc(C#N)nc5)nc4c32)CC1. The molecule has 0 aliphatic carbocycles. The topological polar surface area (TPSA) is 133 Å². The fraction of sp³-hybridized carbons (Fsp3) is 0.304. The van der Waals surface area contributed by atoms with Gasteiger partial charge in [-0.1, -0.05) is 19.1 Å². The Bertz CT molecular complexity index is 1580. The number of fused-ring (bicyclic) bond motifs is 3. The summed E-state index contributed by atoms with van der Waals surface area (Å²) in [6.07, 6.45) is 6.76. The van der Waals surface area contributed by atoms with Crippen LogP contribution in [-0.4, -0.2) is 52.5 Å². The molecule has 0 radical (unpaired) electrons. The molecule has 0 atom stereocenters. The molecule has 4 aromatic rings. The number of pyridine rings is 2. The lowest BCUT2D eigenvalue weighted by atomic mass is 10.0. The highest BCUT2D eigenvalue weighted by atomic mass is 32.1. The van der Waals surface area contributed by atoms with Crippen molar-refractivity contribution in [3.63, 3.8) is 0 Å². The van der Waals surface area contributed by atoms with Gasteiger partial charge in [-0.05, 0) is 31.4 Å². The Labute approximate surface area is 198 Å². The van der Waals surface area contributed by atoms with E-state index in [0.717, 1.165) is 24.5 Å². The van der Waals surface area contributed by atoms with Gasteiger partial charge in [0, 0.05) is 43.3 Å². The molecular weight excluding hydrogens is 452 g/mol. The summed E-state index contributed by atoms with van der Waals surface area (Å²) in [5.74, 6) is 0.0610. The van der Waals surface area contributed by atoms with Crippen LogP contribution in [0.15, 0.2) is 40.3 Å². The minimum Gasteiger partial charge on any atom is -0.366 e. The van der Waals surface area contributed by atoms with Crippen molar-refractivity contribution >= 4 is 39.1 Å². The highest BCUT2D eigenvalue weighted by Crippen LogP contribution is 2.28. The Kier molecular flexibility index (Phi) is 5.59. The number of piperidine rings is 1. The van der Waals surface area contributed by atoms with Gasteiger partial charge in [0.1, 0.15) is 11.6 Å². The van der Waals surface area contributed by atoms with Gasteiger partial charge >= 0.3 is 5.69 Å². The zero-order valence-electron chi connectivity index (χ0n) is 18.4. The molecule has 0 spiro atoms. The van der Waals surface area contributed by atoms with E-state index in [9.17, 15) is 9.59 Å². The first-order chi connectivity index (χ1) is 16.5. The molecule has 0 unspecified atom stereocenters. The fourth-order valence-electron chi connectivity index (χ4n) is 4.41. The number of nitrogens with zero attached hydrogens (tertiary/aromatic N) is 7. The average Bonchev–Trinajstić information content (AvgIpc) is 2.88. The highest BCUT2D eigenvalue weighted by molar-refractivity contribution is 7.80. The number of thiocarbonyl (C=S) groups is 1. The Balaban J connectivity index is 1.68. The van der Waals surface area contributed by atoms with E-state index in [4.69, 9.17) is 22.5 Å². The van der Waals surface area contributed by atoms with Crippen molar-refractivity contribution < 1.29 is 0 Å². The van der Waals surface area contributed by atoms with Crippen molar-refractivity contribution in [1.82, 2.24) is 34.4 Å². The third-order valence-electron chi connectivity index (χ3n) is 6.14. The summed E-state index contributed by atoms with van der Waals surface area (Å²) < 4.78 is 1.65. The average molecular weight is 473 g/mol. The minimum atomic E-state index is -0.496. The predicted molar refractivity (Wildman–Crippen MR) is 130 cm³/mol. The minimum absolute atomic E-state index is 0.0610. The molecule has 0 aromatic carbocycles. The Morgan fingerprint density at radius 3 is 2.59 bits per heavy atom. The maximum absolute atomic E-state index is 13.1. The van der Waals surface area contributed by atoms with Crippen LogP contribution in [0, 0.1) is 11.3 Å². The van der Waals surface area contributed by atoms with Crippen molar-refractivity contribution in [2.24, 2.45) is 0 Å². The van der Waals surface area contributed by atoms with Crippen LogP contribution in [0.5, 0.6) is 0 Å². The van der Waals surface area contributed by atoms with E-state index < -0.39 is 11.2 Å². The number of aromatic nitrogens is 6. The molecule has 5 rings (SSSR count). The number of nitriles is 1. The molecule has 170 valence electrons. The van der Waals surface area contributed by atoms with Crippen LogP contribution in [0.1, 0.15) is 38.1 Å². The molecule has 34 heavy (non-hydrogen) atoms. The lowest BCUT2D eigenvalue weighted by Crippen LogP contribution is -2.41. The van der Waals surface area contributed by atoms with Gasteiger partial charge in [0.05, 0.1) is 27.1 Å². The van der Waals surface area contributed by atoms with E-state index in [-0.39, 0.29) is 11.9 Å². The largest absolute Gasteiger partial charge is 0.366 e. The third kappa shape index (κ3) is 3.72. The second-order valence-electron chi connectivity index (χ2n) is 8.09. The van der Waals surface area contributed by atoms with Crippen LogP contribution < -0.4 is 11.2 Å². The summed E-state index contributed by atoms with van der Waals surface area (Å²) in [6.45, 7) is 3.53. The molecule has 0 bridgehead atoms. The van der Waals surface area contributed by atoms with Crippen LogP contribution in [0.4, 0.5) is 0 Å². The van der Waals surface area contributed by atoms with Gasteiger partial charge in [0.25, 0.3) is 5.56 Å². The first kappa shape index (κ1) is 21.8. The van der Waals surface area contributed by atoms with Crippen molar-refractivity contribution in [3.05, 3.63) is 57.4 Å². The van der Waals surface area contributed by atoms with E-state index in [1.807, 2.05) is 13.0 Å². The number of hydrogen-bond donors (Lipinski definition) is 1. The summed E-state index contributed by atoms with van der Waals surface area (Å²) >= 11 is 5.45. The third-order valence-corrected chi connectivity index (χ3v) is 6.69. The number of rotatable bonds is 3. The van der Waals surface area contributed by atoms with E-state index >= 15 is 0 Å². The Hall–Kier alpha value is -4.04. The van der Waals surface area contributed by atoms with Crippen molar-refractivity contribution in [1.29, 1.82) is 5.26 Å². The fourth-order valence-corrected chi connectivity index (χ4v) is 4.60. The van der Waals surface area contributed by atoms with Crippen LogP contribution in [0.2, 0.25) is 0 Å². The number of likely N-dealkylation sites (tertiary alicyclic amines) is 1. The smallest absolute Gasteiger partial charge is 0.329 e. The van der Waals surface area contributed by atoms with Gasteiger partial charge in [-0.3, -0.25) is 19.3 Å². The van der Waals surface area contributed by atoms with Crippen LogP contribution in [-0.2, 0) is 0 Å². The molecule has 1 saturated heterocycles. The molecular formula is C23H20N8O2S. The van der Waals surface area contributed by atoms with E-state index in [0.29, 0.717) is 46.0 Å². The highest BCUT2D eigenvalue weighted by Gasteiger charge is 2.25.